The third-order valence-corrected chi connectivity index (χ3v) is 10.4. The highest BCUT2D eigenvalue weighted by atomic mass is 35.5. The van der Waals surface area contributed by atoms with Gasteiger partial charge in [0, 0.05) is 48.6 Å². The van der Waals surface area contributed by atoms with Gasteiger partial charge in [-0.25, -0.2) is 19.7 Å². The molecule has 3 aliphatic rings. The van der Waals surface area contributed by atoms with Crippen molar-refractivity contribution in [2.24, 2.45) is 16.7 Å². The van der Waals surface area contributed by atoms with Gasteiger partial charge in [0.05, 0.1) is 48.1 Å². The molecule has 3 fully saturated rings. The fourth-order valence-corrected chi connectivity index (χ4v) is 7.30. The Morgan fingerprint density at radius 2 is 1.93 bits per heavy atom. The highest BCUT2D eigenvalue weighted by Crippen LogP contribution is 2.44. The zero-order valence-corrected chi connectivity index (χ0v) is 27.8. The molecule has 0 aromatic carbocycles. The van der Waals surface area contributed by atoms with E-state index in [0.29, 0.717) is 47.1 Å². The number of halogens is 1. The van der Waals surface area contributed by atoms with Crippen LogP contribution in [0.25, 0.3) is 0 Å². The van der Waals surface area contributed by atoms with Gasteiger partial charge < -0.3 is 29.7 Å². The second-order valence-electron chi connectivity index (χ2n) is 13.6. The number of nitrogens with zero attached hydrogens (tertiary/aromatic N) is 6. The van der Waals surface area contributed by atoms with Crippen LogP contribution in [0.5, 0.6) is 0 Å². The number of aromatic nitrogens is 3. The van der Waals surface area contributed by atoms with Crippen molar-refractivity contribution in [1.82, 2.24) is 20.3 Å². The number of alkyl carbamates (subject to hydrolysis) is 1. The van der Waals surface area contributed by atoms with Crippen LogP contribution in [0.15, 0.2) is 28.4 Å². The molecule has 238 valence electrons. The van der Waals surface area contributed by atoms with Crippen molar-refractivity contribution >= 4 is 41.1 Å². The first-order valence-corrected chi connectivity index (χ1v) is 16.3. The monoisotopic (exact) mass is 643 g/mol. The van der Waals surface area contributed by atoms with E-state index in [-0.39, 0.29) is 30.1 Å². The Hall–Kier alpha value is -2.85. The van der Waals surface area contributed by atoms with Gasteiger partial charge >= 0.3 is 6.09 Å². The number of anilines is 2. The van der Waals surface area contributed by atoms with Gasteiger partial charge in [-0.1, -0.05) is 23.4 Å². The Kier molecular flexibility index (Phi) is 9.25. The highest BCUT2D eigenvalue weighted by molar-refractivity contribution is 7.99. The molecule has 2 aromatic heterocycles. The Bertz CT molecular complexity index is 1410. The van der Waals surface area contributed by atoms with Crippen molar-refractivity contribution in [1.29, 1.82) is 5.26 Å². The molecule has 3 aliphatic heterocycles. The third-order valence-electron chi connectivity index (χ3n) is 8.98. The fraction of sp³-hybridized carbons (Fsp3) is 0.645. The number of amides is 1. The molecule has 0 radical (unpaired) electrons. The molecule has 0 bridgehead atoms. The number of hydrogen-bond donors (Lipinski definition) is 2. The van der Waals surface area contributed by atoms with E-state index in [0.717, 1.165) is 30.8 Å². The first-order chi connectivity index (χ1) is 20.7. The molecule has 11 nitrogen and oxygen atoms in total. The number of ether oxygens (including phenoxy) is 2. The van der Waals surface area contributed by atoms with Crippen LogP contribution in [0, 0.1) is 28.1 Å². The predicted octanol–water partition coefficient (Wildman–Crippen LogP) is 5.05. The Balaban J connectivity index is 1.24. The summed E-state index contributed by atoms with van der Waals surface area (Å²) in [6, 6.07) is 4.08. The van der Waals surface area contributed by atoms with Crippen LogP contribution in [-0.4, -0.2) is 76.7 Å². The third kappa shape index (κ3) is 6.71. The summed E-state index contributed by atoms with van der Waals surface area (Å²) in [5.74, 6) is 1.61. The van der Waals surface area contributed by atoms with Crippen LogP contribution < -0.4 is 15.1 Å². The van der Waals surface area contributed by atoms with Gasteiger partial charge in [0.2, 0.25) is 0 Å². The molecule has 0 saturated carbocycles. The van der Waals surface area contributed by atoms with E-state index >= 15 is 0 Å². The van der Waals surface area contributed by atoms with Gasteiger partial charge in [-0.05, 0) is 60.5 Å². The molecule has 2 N–H and O–H groups in total. The number of pyridine rings is 1. The number of hydrogen-bond acceptors (Lipinski definition) is 11. The molecule has 2 atom stereocenters. The SMILES string of the molecule is C[C@@H]1OCC2(CCN(c3ncc(Sc4ccnc(N5CC(C(C)(C)C#N)C5)c4Cl)nc3CO)CC2)[C@@H]1NC(=O)OC(C)(C)C. The summed E-state index contributed by atoms with van der Waals surface area (Å²) in [6.07, 6.45) is 4.47. The highest BCUT2D eigenvalue weighted by Gasteiger charge is 2.51. The van der Waals surface area contributed by atoms with E-state index < -0.39 is 17.1 Å². The minimum absolute atomic E-state index is 0.120. The summed E-state index contributed by atoms with van der Waals surface area (Å²) in [4.78, 5) is 31.6. The van der Waals surface area contributed by atoms with Crippen LogP contribution in [0.4, 0.5) is 16.4 Å². The van der Waals surface area contributed by atoms with Gasteiger partial charge in [0.1, 0.15) is 22.1 Å². The number of nitriles is 1. The average molecular weight is 644 g/mol. The van der Waals surface area contributed by atoms with Crippen LogP contribution in [0.2, 0.25) is 5.02 Å². The van der Waals surface area contributed by atoms with Crippen molar-refractivity contribution in [3.63, 3.8) is 0 Å². The second-order valence-corrected chi connectivity index (χ2v) is 15.1. The van der Waals surface area contributed by atoms with Crippen molar-refractivity contribution < 1.29 is 19.4 Å². The van der Waals surface area contributed by atoms with E-state index in [1.54, 1.807) is 12.4 Å². The van der Waals surface area contributed by atoms with Crippen LogP contribution in [0.1, 0.15) is 60.1 Å². The molecular formula is C31H42ClN7O4S. The minimum Gasteiger partial charge on any atom is -0.444 e. The number of piperidine rings is 1. The largest absolute Gasteiger partial charge is 0.444 e. The first-order valence-electron chi connectivity index (χ1n) is 15.1. The molecule has 2 aromatic rings. The van der Waals surface area contributed by atoms with E-state index in [1.807, 2.05) is 47.6 Å². The molecule has 13 heteroatoms. The molecule has 0 unspecified atom stereocenters. The zero-order chi connectivity index (χ0) is 31.9. The summed E-state index contributed by atoms with van der Waals surface area (Å²) in [7, 11) is 0. The summed E-state index contributed by atoms with van der Waals surface area (Å²) < 4.78 is 11.5. The lowest BCUT2D eigenvalue weighted by atomic mass is 9.73. The summed E-state index contributed by atoms with van der Waals surface area (Å²) >= 11 is 8.17. The van der Waals surface area contributed by atoms with Gasteiger partial charge in [0.15, 0.2) is 5.82 Å². The van der Waals surface area contributed by atoms with Crippen LogP contribution >= 0.6 is 23.4 Å². The quantitative estimate of drug-likeness (QED) is 0.419. The van der Waals surface area contributed by atoms with Gasteiger partial charge in [-0.2, -0.15) is 5.26 Å². The van der Waals surface area contributed by atoms with Gasteiger partial charge in [-0.3, -0.25) is 0 Å². The maximum atomic E-state index is 12.6. The van der Waals surface area contributed by atoms with E-state index in [4.69, 9.17) is 31.0 Å². The normalized spacial score (nSPS) is 22.1. The van der Waals surface area contributed by atoms with Crippen molar-refractivity contribution in [2.75, 3.05) is 42.6 Å². The van der Waals surface area contributed by atoms with E-state index in [9.17, 15) is 15.2 Å². The van der Waals surface area contributed by atoms with Crippen molar-refractivity contribution in [2.45, 2.75) is 88.7 Å². The number of aliphatic hydroxyl groups is 1. The molecule has 0 aliphatic carbocycles. The maximum absolute atomic E-state index is 12.6. The summed E-state index contributed by atoms with van der Waals surface area (Å²) in [5, 5.41) is 23.9. The zero-order valence-electron chi connectivity index (χ0n) is 26.3. The standard InChI is InChI=1S/C31H42ClN7O4S/c1-19-25(37-28(41)43-29(2,3)4)31(18-42-19)8-11-38(12-9-31)26-21(16-40)36-23(13-35-26)44-22-7-10-34-27(24(22)32)39-14-20(15-39)30(5,6)17-33/h7,10,13,19-20,25,40H,8-9,11-12,14-16,18H2,1-6H3,(H,37,41)/t19-,25+/m0/s1. The maximum Gasteiger partial charge on any atom is 0.407 e. The summed E-state index contributed by atoms with van der Waals surface area (Å²) in [5.41, 5.74) is -0.678. The number of nitrogens with one attached hydrogen (secondary N) is 1. The molecule has 1 spiro atoms. The predicted molar refractivity (Wildman–Crippen MR) is 169 cm³/mol. The van der Waals surface area contributed by atoms with Gasteiger partial charge in [-0.15, -0.1) is 0 Å². The van der Waals surface area contributed by atoms with Crippen molar-refractivity contribution in [3.8, 4) is 6.07 Å². The Labute approximate surface area is 268 Å². The molecule has 1 amide bonds. The molecule has 5 rings (SSSR count). The second kappa shape index (κ2) is 12.5. The molecular weight excluding hydrogens is 602 g/mol. The Morgan fingerprint density at radius 1 is 1.23 bits per heavy atom. The number of rotatable bonds is 7. The number of aliphatic hydroxyl groups excluding tert-OH is 1. The Morgan fingerprint density at radius 3 is 2.57 bits per heavy atom. The van der Waals surface area contributed by atoms with Crippen LogP contribution in [0.3, 0.4) is 0 Å². The molecule has 44 heavy (non-hydrogen) atoms. The number of carbonyl (C=O) groups excluding carboxylic acids is 1. The average Bonchev–Trinajstić information content (AvgIpc) is 3.23. The van der Waals surface area contributed by atoms with Crippen molar-refractivity contribution in [3.05, 3.63) is 29.2 Å². The van der Waals surface area contributed by atoms with E-state index in [2.05, 4.69) is 26.2 Å². The van der Waals surface area contributed by atoms with Crippen LogP contribution in [-0.2, 0) is 16.1 Å². The van der Waals surface area contributed by atoms with Gasteiger partial charge in [0.25, 0.3) is 0 Å². The lowest BCUT2D eigenvalue weighted by Gasteiger charge is -2.45. The lowest BCUT2D eigenvalue weighted by molar-refractivity contribution is 0.0434. The topological polar surface area (TPSA) is 137 Å². The smallest absolute Gasteiger partial charge is 0.407 e. The first kappa shape index (κ1) is 32.5. The minimum atomic E-state index is -0.577. The number of carbonyl (C=O) groups is 1. The summed E-state index contributed by atoms with van der Waals surface area (Å²) in [6.45, 7) is 14.6. The van der Waals surface area contributed by atoms with E-state index in [1.165, 1.54) is 11.8 Å². The fourth-order valence-electron chi connectivity index (χ4n) is 6.15. The molecule has 5 heterocycles. The lowest BCUT2D eigenvalue weighted by Crippen LogP contribution is -2.55. The molecule has 3 saturated heterocycles.